The summed E-state index contributed by atoms with van der Waals surface area (Å²) in [6, 6.07) is 7.90. The first-order valence-electron chi connectivity index (χ1n) is 5.59. The molecule has 0 aliphatic rings. The summed E-state index contributed by atoms with van der Waals surface area (Å²) in [7, 11) is 0. The van der Waals surface area contributed by atoms with Gasteiger partial charge in [-0.3, -0.25) is 0 Å². The van der Waals surface area contributed by atoms with Crippen molar-refractivity contribution in [2.24, 2.45) is 10.2 Å². The summed E-state index contributed by atoms with van der Waals surface area (Å²) >= 11 is 3.47. The van der Waals surface area contributed by atoms with Gasteiger partial charge in [0.2, 0.25) is 5.82 Å². The molecular weight excluding hydrogens is 308 g/mol. The van der Waals surface area contributed by atoms with Crippen LogP contribution in [0.25, 0.3) is 11.2 Å². The SMILES string of the molecule is Brc1ccccc1CN=Nc1ncnc2nc[nH]c12. The summed E-state index contributed by atoms with van der Waals surface area (Å²) in [5.41, 5.74) is 2.35. The molecule has 0 unspecified atom stereocenters. The van der Waals surface area contributed by atoms with Crippen molar-refractivity contribution in [1.29, 1.82) is 0 Å². The average Bonchev–Trinajstić information content (AvgIpc) is 2.90. The molecule has 1 aromatic carbocycles. The van der Waals surface area contributed by atoms with E-state index in [4.69, 9.17) is 0 Å². The van der Waals surface area contributed by atoms with Gasteiger partial charge in [-0.25, -0.2) is 15.0 Å². The van der Waals surface area contributed by atoms with E-state index in [1.807, 2.05) is 24.3 Å². The molecule has 0 bridgehead atoms. The molecule has 0 amide bonds. The van der Waals surface area contributed by atoms with Gasteiger partial charge in [0.05, 0.1) is 12.9 Å². The van der Waals surface area contributed by atoms with Crippen LogP contribution in [0.1, 0.15) is 5.56 Å². The van der Waals surface area contributed by atoms with Gasteiger partial charge in [0.25, 0.3) is 0 Å². The molecule has 0 aliphatic heterocycles. The van der Waals surface area contributed by atoms with Gasteiger partial charge in [-0.05, 0) is 11.6 Å². The number of azo groups is 1. The van der Waals surface area contributed by atoms with Crippen molar-refractivity contribution in [3.8, 4) is 0 Å². The fraction of sp³-hybridized carbons (Fsp3) is 0.0833. The number of aromatic nitrogens is 4. The molecule has 3 aromatic rings. The highest BCUT2D eigenvalue weighted by Crippen LogP contribution is 2.20. The van der Waals surface area contributed by atoms with Crippen LogP contribution in [0.5, 0.6) is 0 Å². The molecule has 94 valence electrons. The zero-order valence-corrected chi connectivity index (χ0v) is 11.4. The van der Waals surface area contributed by atoms with Gasteiger partial charge in [0.15, 0.2) is 5.65 Å². The summed E-state index contributed by atoms with van der Waals surface area (Å²) in [6.07, 6.45) is 2.99. The van der Waals surface area contributed by atoms with Crippen molar-refractivity contribution in [3.05, 3.63) is 47.0 Å². The first-order chi connectivity index (χ1) is 9.34. The molecule has 3 rings (SSSR count). The summed E-state index contributed by atoms with van der Waals surface area (Å²) in [5, 5.41) is 8.28. The minimum absolute atomic E-state index is 0.487. The van der Waals surface area contributed by atoms with Crippen LogP contribution in [0, 0.1) is 0 Å². The number of hydrogen-bond acceptors (Lipinski definition) is 5. The maximum atomic E-state index is 4.16. The van der Waals surface area contributed by atoms with Gasteiger partial charge in [0, 0.05) is 4.47 Å². The molecule has 2 heterocycles. The molecule has 1 N–H and O–H groups in total. The standard InChI is InChI=1S/C12H9BrN6/c13-9-4-2-1-3-8(9)5-18-19-12-10-11(15-6-14-10)16-7-17-12/h1-4,6-7H,5H2,(H,14,15,16,17). The second-order valence-corrected chi connectivity index (χ2v) is 4.64. The van der Waals surface area contributed by atoms with E-state index >= 15 is 0 Å². The van der Waals surface area contributed by atoms with Crippen LogP contribution in [-0.2, 0) is 6.54 Å². The van der Waals surface area contributed by atoms with E-state index < -0.39 is 0 Å². The number of hydrogen-bond donors (Lipinski definition) is 1. The van der Waals surface area contributed by atoms with E-state index in [-0.39, 0.29) is 0 Å². The highest BCUT2D eigenvalue weighted by Gasteiger charge is 2.04. The molecule has 19 heavy (non-hydrogen) atoms. The number of imidazole rings is 1. The summed E-state index contributed by atoms with van der Waals surface area (Å²) in [4.78, 5) is 15.1. The highest BCUT2D eigenvalue weighted by atomic mass is 79.9. The average molecular weight is 317 g/mol. The lowest BCUT2D eigenvalue weighted by Crippen LogP contribution is -1.83. The first kappa shape index (κ1) is 11.9. The Morgan fingerprint density at radius 1 is 1.16 bits per heavy atom. The molecule has 0 aliphatic carbocycles. The third kappa shape index (κ3) is 2.50. The highest BCUT2D eigenvalue weighted by molar-refractivity contribution is 9.10. The minimum Gasteiger partial charge on any atom is -0.340 e. The molecule has 0 spiro atoms. The number of halogens is 1. The van der Waals surface area contributed by atoms with Crippen LogP contribution in [0.15, 0.2) is 51.6 Å². The van der Waals surface area contributed by atoms with Crippen LogP contribution in [0.3, 0.4) is 0 Å². The van der Waals surface area contributed by atoms with E-state index in [1.165, 1.54) is 6.33 Å². The zero-order valence-electron chi connectivity index (χ0n) is 9.79. The monoisotopic (exact) mass is 316 g/mol. The van der Waals surface area contributed by atoms with Crippen molar-refractivity contribution in [2.75, 3.05) is 0 Å². The predicted molar refractivity (Wildman–Crippen MR) is 74.0 cm³/mol. The van der Waals surface area contributed by atoms with Gasteiger partial charge in [-0.1, -0.05) is 34.1 Å². The second-order valence-electron chi connectivity index (χ2n) is 3.79. The molecule has 0 atom stereocenters. The quantitative estimate of drug-likeness (QED) is 0.752. The van der Waals surface area contributed by atoms with E-state index in [0.717, 1.165) is 10.0 Å². The van der Waals surface area contributed by atoms with E-state index in [1.54, 1.807) is 6.33 Å². The smallest absolute Gasteiger partial charge is 0.203 e. The normalized spacial score (nSPS) is 11.4. The lowest BCUT2D eigenvalue weighted by Gasteiger charge is -1.98. The molecule has 0 saturated heterocycles. The summed E-state index contributed by atoms with van der Waals surface area (Å²) < 4.78 is 1.02. The Kier molecular flexibility index (Phi) is 3.28. The number of H-pyrrole nitrogens is 1. The van der Waals surface area contributed by atoms with Crippen molar-refractivity contribution in [1.82, 2.24) is 19.9 Å². The van der Waals surface area contributed by atoms with E-state index in [0.29, 0.717) is 23.5 Å². The van der Waals surface area contributed by atoms with Gasteiger partial charge in [-0.15, -0.1) is 5.11 Å². The van der Waals surface area contributed by atoms with Crippen LogP contribution >= 0.6 is 15.9 Å². The molecule has 6 nitrogen and oxygen atoms in total. The number of fused-ring (bicyclic) bond motifs is 1. The molecular formula is C12H9BrN6. The topological polar surface area (TPSA) is 79.2 Å². The van der Waals surface area contributed by atoms with Crippen LogP contribution in [0.4, 0.5) is 5.82 Å². The summed E-state index contributed by atoms with van der Waals surface area (Å²) in [5.74, 6) is 0.495. The Hall–Kier alpha value is -2.15. The zero-order chi connectivity index (χ0) is 13.1. The van der Waals surface area contributed by atoms with E-state index in [9.17, 15) is 0 Å². The molecule has 0 saturated carbocycles. The second kappa shape index (κ2) is 5.23. The van der Waals surface area contributed by atoms with Crippen molar-refractivity contribution >= 4 is 32.9 Å². The fourth-order valence-electron chi connectivity index (χ4n) is 1.63. The van der Waals surface area contributed by atoms with Gasteiger partial charge in [0.1, 0.15) is 11.8 Å². The Morgan fingerprint density at radius 3 is 2.95 bits per heavy atom. The lowest BCUT2D eigenvalue weighted by molar-refractivity contribution is 0.941. The van der Waals surface area contributed by atoms with Gasteiger partial charge < -0.3 is 4.98 Å². The number of nitrogens with one attached hydrogen (secondary N) is 1. The number of rotatable bonds is 3. The first-order valence-corrected chi connectivity index (χ1v) is 6.39. The minimum atomic E-state index is 0.487. The van der Waals surface area contributed by atoms with Crippen molar-refractivity contribution in [2.45, 2.75) is 6.54 Å². The largest absolute Gasteiger partial charge is 0.340 e. The number of nitrogens with zero attached hydrogens (tertiary/aromatic N) is 5. The van der Waals surface area contributed by atoms with E-state index in [2.05, 4.69) is 46.1 Å². The van der Waals surface area contributed by atoms with Crippen molar-refractivity contribution in [3.63, 3.8) is 0 Å². The third-order valence-corrected chi connectivity index (χ3v) is 3.34. The van der Waals surface area contributed by atoms with Crippen LogP contribution in [0.2, 0.25) is 0 Å². The molecule has 7 heteroatoms. The lowest BCUT2D eigenvalue weighted by atomic mass is 10.2. The molecule has 0 fully saturated rings. The Bertz CT molecular complexity index is 736. The summed E-state index contributed by atoms with van der Waals surface area (Å²) in [6.45, 7) is 0.487. The molecule has 0 radical (unpaired) electrons. The number of aromatic amines is 1. The third-order valence-electron chi connectivity index (χ3n) is 2.57. The fourth-order valence-corrected chi connectivity index (χ4v) is 2.04. The van der Waals surface area contributed by atoms with Crippen molar-refractivity contribution < 1.29 is 0 Å². The van der Waals surface area contributed by atoms with Gasteiger partial charge in [-0.2, -0.15) is 5.11 Å². The predicted octanol–water partition coefficient (Wildman–Crippen LogP) is 3.40. The van der Waals surface area contributed by atoms with Gasteiger partial charge >= 0.3 is 0 Å². The Balaban J connectivity index is 1.84. The molecule has 2 aromatic heterocycles. The Labute approximate surface area is 117 Å². The maximum absolute atomic E-state index is 4.16. The number of benzene rings is 1. The van der Waals surface area contributed by atoms with Crippen LogP contribution in [-0.4, -0.2) is 19.9 Å². The maximum Gasteiger partial charge on any atom is 0.203 e. The Morgan fingerprint density at radius 2 is 2.05 bits per heavy atom. The van der Waals surface area contributed by atoms with Crippen LogP contribution < -0.4 is 0 Å².